The second kappa shape index (κ2) is 34.4. The summed E-state index contributed by atoms with van der Waals surface area (Å²) in [5.41, 5.74) is 5.66. The van der Waals surface area contributed by atoms with E-state index in [0.29, 0.717) is 44.5 Å². The lowest BCUT2D eigenvalue weighted by Gasteiger charge is -2.29. The Morgan fingerprint density at radius 2 is 1.28 bits per heavy atom. The van der Waals surface area contributed by atoms with Gasteiger partial charge in [0.1, 0.15) is 0 Å². The molecular weight excluding hydrogens is 675 g/mol. The zero-order chi connectivity index (χ0) is 39.5. The first-order chi connectivity index (χ1) is 26.3. The molecule has 1 heterocycles. The zero-order valence-corrected chi connectivity index (χ0v) is 36.0. The number of esters is 2. The second-order valence-corrected chi connectivity index (χ2v) is 16.3. The van der Waals surface area contributed by atoms with Crippen molar-refractivity contribution in [2.75, 3.05) is 40.0 Å². The molecule has 7 nitrogen and oxygen atoms in total. The minimum atomic E-state index is -0.418. The Bertz CT molecular complexity index is 1000. The molecule has 54 heavy (non-hydrogen) atoms. The Kier molecular flexibility index (Phi) is 31.9. The smallest absolute Gasteiger partial charge is 0.305 e. The normalized spacial score (nSPS) is 17.9. The van der Waals surface area contributed by atoms with E-state index < -0.39 is 5.79 Å². The molecule has 0 aliphatic carbocycles. The molecule has 0 N–H and O–H groups in total. The van der Waals surface area contributed by atoms with E-state index in [0.717, 1.165) is 103 Å². The summed E-state index contributed by atoms with van der Waals surface area (Å²) >= 11 is 0. The van der Waals surface area contributed by atoms with E-state index in [1.807, 2.05) is 6.08 Å². The minimum absolute atomic E-state index is 0.0255. The van der Waals surface area contributed by atoms with E-state index in [1.54, 1.807) is 0 Å². The van der Waals surface area contributed by atoms with Crippen LogP contribution in [0.25, 0.3) is 0 Å². The molecule has 4 atom stereocenters. The molecule has 1 rings (SSSR count). The lowest BCUT2D eigenvalue weighted by atomic mass is 9.98. The average Bonchev–Trinajstić information content (AvgIpc) is 3.58. The van der Waals surface area contributed by atoms with E-state index in [9.17, 15) is 9.59 Å². The van der Waals surface area contributed by atoms with Crippen molar-refractivity contribution in [2.24, 2.45) is 11.8 Å². The number of hydrogen-bond donors (Lipinski definition) is 0. The third kappa shape index (κ3) is 27.7. The molecule has 0 spiro atoms. The molecule has 0 saturated carbocycles. The van der Waals surface area contributed by atoms with Crippen molar-refractivity contribution in [2.45, 2.75) is 213 Å². The van der Waals surface area contributed by atoms with E-state index in [2.05, 4.69) is 57.7 Å². The molecule has 1 aliphatic heterocycles. The third-order valence-corrected chi connectivity index (χ3v) is 11.2. The van der Waals surface area contributed by atoms with Gasteiger partial charge in [-0.15, -0.1) is 0 Å². The molecule has 0 aromatic carbocycles. The van der Waals surface area contributed by atoms with Crippen LogP contribution in [0.4, 0.5) is 0 Å². The lowest BCUT2D eigenvalue weighted by molar-refractivity contribution is -0.180. The van der Waals surface area contributed by atoms with Gasteiger partial charge in [-0.25, -0.2) is 0 Å². The van der Waals surface area contributed by atoms with Crippen molar-refractivity contribution < 1.29 is 28.5 Å². The number of ether oxygens (including phenoxy) is 4. The van der Waals surface area contributed by atoms with E-state index in [1.165, 1.54) is 70.6 Å². The van der Waals surface area contributed by atoms with Gasteiger partial charge in [-0.1, -0.05) is 135 Å². The van der Waals surface area contributed by atoms with Crippen LogP contribution in [0.15, 0.2) is 24.1 Å². The molecule has 0 bridgehead atoms. The maximum Gasteiger partial charge on any atom is 0.305 e. The number of nitrogens with zero attached hydrogens (tertiary/aromatic N) is 1. The van der Waals surface area contributed by atoms with Crippen LogP contribution in [0, 0.1) is 11.8 Å². The fraction of sp³-hybridized carbons (Fsp3) is 0.872. The Balaban J connectivity index is 2.24. The van der Waals surface area contributed by atoms with Crippen LogP contribution in [0.5, 0.6) is 0 Å². The van der Waals surface area contributed by atoms with Crippen molar-refractivity contribution in [3.63, 3.8) is 0 Å². The molecule has 314 valence electrons. The minimum Gasteiger partial charge on any atom is -0.466 e. The number of unbranched alkanes of at least 4 members (excludes halogenated alkanes) is 14. The maximum absolute atomic E-state index is 12.2. The van der Waals surface area contributed by atoms with E-state index in [-0.39, 0.29) is 18.0 Å². The van der Waals surface area contributed by atoms with Crippen LogP contribution in [0.2, 0.25) is 0 Å². The van der Waals surface area contributed by atoms with Gasteiger partial charge in [-0.2, -0.15) is 0 Å². The van der Waals surface area contributed by atoms with E-state index in [4.69, 9.17) is 18.9 Å². The first-order valence-corrected chi connectivity index (χ1v) is 22.7. The SMILES string of the molecule is C=C=C=CC(CCCC)CCOC(=O)CCCCCCCCCC1(CCCCCCCCCC(=O)OCCC(C)CCCC)OCC(CCN(C)CC)O1. The van der Waals surface area contributed by atoms with Crippen LogP contribution in [0.3, 0.4) is 0 Å². The summed E-state index contributed by atoms with van der Waals surface area (Å²) < 4.78 is 24.2. The first kappa shape index (κ1) is 50.1. The first-order valence-electron chi connectivity index (χ1n) is 22.7. The van der Waals surface area contributed by atoms with Crippen molar-refractivity contribution in [3.05, 3.63) is 24.1 Å². The van der Waals surface area contributed by atoms with Gasteiger partial charge < -0.3 is 23.8 Å². The Hall–Kier alpha value is -1.88. The van der Waals surface area contributed by atoms with Crippen LogP contribution in [-0.2, 0) is 28.5 Å². The summed E-state index contributed by atoms with van der Waals surface area (Å²) in [5, 5.41) is 0. The zero-order valence-electron chi connectivity index (χ0n) is 36.0. The number of carbonyl (C=O) groups is 2. The van der Waals surface area contributed by atoms with Gasteiger partial charge in [-0.05, 0) is 89.4 Å². The summed E-state index contributed by atoms with van der Waals surface area (Å²) in [6, 6.07) is 0. The van der Waals surface area contributed by atoms with Crippen LogP contribution < -0.4 is 0 Å². The van der Waals surface area contributed by atoms with Gasteiger partial charge in [0, 0.05) is 32.2 Å². The molecule has 0 aromatic rings. The third-order valence-electron chi connectivity index (χ3n) is 11.2. The molecular formula is C47H85NO6. The van der Waals surface area contributed by atoms with Crippen LogP contribution >= 0.6 is 0 Å². The van der Waals surface area contributed by atoms with Crippen LogP contribution in [-0.4, -0.2) is 68.7 Å². The van der Waals surface area contributed by atoms with Crippen molar-refractivity contribution in [1.29, 1.82) is 0 Å². The lowest BCUT2D eigenvalue weighted by Crippen LogP contribution is -2.32. The molecule has 0 radical (unpaired) electrons. The standard InChI is InChI=1S/C47H85NO6/c1-7-11-28-42(5)34-39-51-45(49)31-24-20-16-14-18-22-26-36-47(53-41-44(54-47)33-38-48(6)10-4)37-27-23-19-15-17-21-25-32-46(50)52-40-35-43(29-12-8-2)30-13-9-3/h29,42-44H,2,7,9-11,13-28,30-41H2,1,3-6H3. The Morgan fingerprint density at radius 1 is 0.759 bits per heavy atom. The van der Waals surface area contributed by atoms with Crippen molar-refractivity contribution in [1.82, 2.24) is 4.90 Å². The van der Waals surface area contributed by atoms with Crippen molar-refractivity contribution in [3.8, 4) is 0 Å². The topological polar surface area (TPSA) is 74.3 Å². The molecule has 1 saturated heterocycles. The number of hydrogen-bond acceptors (Lipinski definition) is 7. The monoisotopic (exact) mass is 760 g/mol. The Labute approximate surface area is 333 Å². The highest BCUT2D eigenvalue weighted by atomic mass is 16.7. The molecule has 0 aromatic heterocycles. The summed E-state index contributed by atoms with van der Waals surface area (Å²) in [7, 11) is 2.17. The molecule has 1 aliphatic rings. The maximum atomic E-state index is 12.2. The molecule has 7 heteroatoms. The Morgan fingerprint density at radius 3 is 1.81 bits per heavy atom. The van der Waals surface area contributed by atoms with Gasteiger partial charge in [0.15, 0.2) is 5.79 Å². The fourth-order valence-electron chi connectivity index (χ4n) is 7.26. The molecule has 4 unspecified atom stereocenters. The van der Waals surface area contributed by atoms with Gasteiger partial charge >= 0.3 is 11.9 Å². The summed E-state index contributed by atoms with van der Waals surface area (Å²) in [4.78, 5) is 26.7. The average molecular weight is 760 g/mol. The fourth-order valence-corrected chi connectivity index (χ4v) is 7.26. The summed E-state index contributed by atoms with van der Waals surface area (Å²) in [6.45, 7) is 16.3. The van der Waals surface area contributed by atoms with Crippen molar-refractivity contribution >= 4 is 11.9 Å². The summed E-state index contributed by atoms with van der Waals surface area (Å²) in [6.07, 6.45) is 31.1. The quantitative estimate of drug-likeness (QED) is 0.0355. The highest BCUT2D eigenvalue weighted by Gasteiger charge is 2.40. The highest BCUT2D eigenvalue weighted by Crippen LogP contribution is 2.35. The number of allylic oxidation sites excluding steroid dienone is 1. The predicted molar refractivity (Wildman–Crippen MR) is 225 cm³/mol. The molecule has 0 amide bonds. The second-order valence-electron chi connectivity index (χ2n) is 16.3. The molecule has 1 fully saturated rings. The predicted octanol–water partition coefficient (Wildman–Crippen LogP) is 12.5. The van der Waals surface area contributed by atoms with Gasteiger partial charge in [0.05, 0.1) is 25.9 Å². The largest absolute Gasteiger partial charge is 0.466 e. The van der Waals surface area contributed by atoms with Gasteiger partial charge in [0.25, 0.3) is 0 Å². The number of carbonyl (C=O) groups excluding carboxylic acids is 2. The summed E-state index contributed by atoms with van der Waals surface area (Å²) in [5.74, 6) is 0.501. The van der Waals surface area contributed by atoms with Crippen LogP contribution in [0.1, 0.15) is 201 Å². The van der Waals surface area contributed by atoms with Gasteiger partial charge in [0.2, 0.25) is 0 Å². The van der Waals surface area contributed by atoms with E-state index >= 15 is 0 Å². The number of rotatable bonds is 37. The highest BCUT2D eigenvalue weighted by molar-refractivity contribution is 5.69. The van der Waals surface area contributed by atoms with Gasteiger partial charge in [-0.3, -0.25) is 9.59 Å².